The van der Waals surface area contributed by atoms with Crippen LogP contribution in [0.15, 0.2) is 36.4 Å². The highest BCUT2D eigenvalue weighted by Gasteiger charge is 2.22. The molecule has 0 fully saturated rings. The third-order valence-electron chi connectivity index (χ3n) is 3.48. The number of carbonyl (C=O) groups is 1. The van der Waals surface area contributed by atoms with Gasteiger partial charge in [-0.15, -0.1) is 0 Å². The maximum atomic E-state index is 11.3. The van der Waals surface area contributed by atoms with Crippen molar-refractivity contribution in [1.82, 2.24) is 0 Å². The third-order valence-corrected chi connectivity index (χ3v) is 3.48. The normalized spacial score (nSPS) is 16.3. The molecule has 0 N–H and O–H groups in total. The van der Waals surface area contributed by atoms with E-state index in [0.717, 1.165) is 27.6 Å². The molecule has 0 aliphatic heterocycles. The second kappa shape index (κ2) is 5.24. The summed E-state index contributed by atoms with van der Waals surface area (Å²) in [5, 5.41) is 2.23. The molecule has 0 saturated carbocycles. The van der Waals surface area contributed by atoms with Gasteiger partial charge < -0.3 is 9.47 Å². The Kier molecular flexibility index (Phi) is 3.42. The van der Waals surface area contributed by atoms with Crippen LogP contribution < -0.4 is 4.74 Å². The summed E-state index contributed by atoms with van der Waals surface area (Å²) in [6, 6.07) is 10.1. The Morgan fingerprint density at radius 2 is 2.00 bits per heavy atom. The molecule has 21 heavy (non-hydrogen) atoms. The molecule has 0 aromatic heterocycles. The molecule has 3 nitrogen and oxygen atoms in total. The van der Waals surface area contributed by atoms with Gasteiger partial charge in [0.15, 0.2) is 0 Å². The van der Waals surface area contributed by atoms with Crippen LogP contribution in [0.3, 0.4) is 0 Å². The monoisotopic (exact) mass is 282 g/mol. The zero-order valence-electron chi connectivity index (χ0n) is 12.4. The summed E-state index contributed by atoms with van der Waals surface area (Å²) in [5.74, 6) is 0.585. The van der Waals surface area contributed by atoms with Crippen LogP contribution in [-0.4, -0.2) is 12.1 Å². The highest BCUT2D eigenvalue weighted by atomic mass is 16.5. The van der Waals surface area contributed by atoms with E-state index in [1.54, 1.807) is 0 Å². The first kappa shape index (κ1) is 13.7. The van der Waals surface area contributed by atoms with Gasteiger partial charge in [-0.1, -0.05) is 30.3 Å². The van der Waals surface area contributed by atoms with E-state index >= 15 is 0 Å². The summed E-state index contributed by atoms with van der Waals surface area (Å²) in [4.78, 5) is 11.3. The molecule has 1 unspecified atom stereocenters. The lowest BCUT2D eigenvalue weighted by atomic mass is 9.91. The van der Waals surface area contributed by atoms with Gasteiger partial charge >= 0.3 is 5.97 Å². The number of benzene rings is 2. The van der Waals surface area contributed by atoms with E-state index in [-0.39, 0.29) is 18.2 Å². The third kappa shape index (κ3) is 2.51. The first-order chi connectivity index (χ1) is 10.1. The molecule has 3 heteroatoms. The summed E-state index contributed by atoms with van der Waals surface area (Å²) in [6.07, 6.45) is 3.69. The van der Waals surface area contributed by atoms with Gasteiger partial charge in [0, 0.05) is 18.1 Å². The quantitative estimate of drug-likeness (QED) is 0.789. The van der Waals surface area contributed by atoms with Crippen molar-refractivity contribution in [1.29, 1.82) is 0 Å². The lowest BCUT2D eigenvalue weighted by molar-refractivity contribution is -0.144. The van der Waals surface area contributed by atoms with Crippen molar-refractivity contribution < 1.29 is 14.3 Å². The predicted octanol–water partition coefficient (Wildman–Crippen LogP) is 4.26. The molecule has 0 radical (unpaired) electrons. The highest BCUT2D eigenvalue weighted by Crippen LogP contribution is 2.39. The Morgan fingerprint density at radius 1 is 1.19 bits per heavy atom. The van der Waals surface area contributed by atoms with Crippen molar-refractivity contribution >= 4 is 22.8 Å². The maximum absolute atomic E-state index is 11.3. The topological polar surface area (TPSA) is 35.5 Å². The fourth-order valence-corrected chi connectivity index (χ4v) is 2.75. The van der Waals surface area contributed by atoms with Gasteiger partial charge in [0.25, 0.3) is 0 Å². The molecule has 3 rings (SSSR count). The van der Waals surface area contributed by atoms with Crippen LogP contribution in [0.1, 0.15) is 38.0 Å². The Hall–Kier alpha value is -2.29. The van der Waals surface area contributed by atoms with Crippen LogP contribution in [0, 0.1) is 0 Å². The Balaban J connectivity index is 2.18. The summed E-state index contributed by atoms with van der Waals surface area (Å²) in [5.41, 5.74) is 2.06. The molecule has 1 aliphatic rings. The summed E-state index contributed by atoms with van der Waals surface area (Å²) >= 11 is 0. The molecule has 2 aromatic carbocycles. The van der Waals surface area contributed by atoms with Crippen LogP contribution >= 0.6 is 0 Å². The van der Waals surface area contributed by atoms with E-state index in [4.69, 9.17) is 9.47 Å². The van der Waals surface area contributed by atoms with Crippen molar-refractivity contribution in [3.8, 4) is 5.75 Å². The standard InChI is InChI=1S/C18H18O3/c1-11(2)20-16-9-7-13-5-4-6-14-17(21-12(3)19)10-8-15(16)18(13)14/h4-11,17H,1-3H3. The van der Waals surface area contributed by atoms with Gasteiger partial charge in [-0.25, -0.2) is 0 Å². The van der Waals surface area contributed by atoms with Crippen molar-refractivity contribution in [2.24, 2.45) is 0 Å². The van der Waals surface area contributed by atoms with E-state index < -0.39 is 0 Å². The molecule has 1 atom stereocenters. The molecule has 0 heterocycles. The van der Waals surface area contributed by atoms with Crippen LogP contribution in [0.5, 0.6) is 5.75 Å². The number of ether oxygens (including phenoxy) is 2. The van der Waals surface area contributed by atoms with E-state index in [1.807, 2.05) is 50.3 Å². The second-order valence-corrected chi connectivity index (χ2v) is 5.48. The van der Waals surface area contributed by atoms with Gasteiger partial charge in [0.05, 0.1) is 6.10 Å². The van der Waals surface area contributed by atoms with E-state index in [0.29, 0.717) is 0 Å². The van der Waals surface area contributed by atoms with E-state index in [2.05, 4.69) is 6.07 Å². The minimum atomic E-state index is -0.326. The summed E-state index contributed by atoms with van der Waals surface area (Å²) in [6.45, 7) is 5.45. The van der Waals surface area contributed by atoms with Crippen molar-refractivity contribution in [3.05, 3.63) is 47.5 Å². The largest absolute Gasteiger partial charge is 0.490 e. The fraction of sp³-hybridized carbons (Fsp3) is 0.278. The zero-order chi connectivity index (χ0) is 15.0. The Labute approximate surface area is 124 Å². The lowest BCUT2D eigenvalue weighted by Gasteiger charge is -2.23. The number of rotatable bonds is 3. The minimum absolute atomic E-state index is 0.116. The van der Waals surface area contributed by atoms with Crippen LogP contribution in [-0.2, 0) is 9.53 Å². The molecule has 0 amide bonds. The predicted molar refractivity (Wildman–Crippen MR) is 83.3 cm³/mol. The minimum Gasteiger partial charge on any atom is -0.490 e. The van der Waals surface area contributed by atoms with E-state index in [9.17, 15) is 4.79 Å². The van der Waals surface area contributed by atoms with Crippen LogP contribution in [0.4, 0.5) is 0 Å². The average molecular weight is 282 g/mol. The van der Waals surface area contributed by atoms with Gasteiger partial charge in [-0.2, -0.15) is 0 Å². The summed E-state index contributed by atoms with van der Waals surface area (Å²) < 4.78 is 11.3. The highest BCUT2D eigenvalue weighted by molar-refractivity contribution is 5.97. The van der Waals surface area contributed by atoms with Gasteiger partial charge in [0.1, 0.15) is 11.9 Å². The number of hydrogen-bond acceptors (Lipinski definition) is 3. The number of esters is 1. The fourth-order valence-electron chi connectivity index (χ4n) is 2.75. The van der Waals surface area contributed by atoms with E-state index in [1.165, 1.54) is 6.92 Å². The van der Waals surface area contributed by atoms with Gasteiger partial charge in [0.2, 0.25) is 0 Å². The van der Waals surface area contributed by atoms with Crippen LogP contribution in [0.2, 0.25) is 0 Å². The number of hydrogen-bond donors (Lipinski definition) is 0. The first-order valence-corrected chi connectivity index (χ1v) is 7.14. The van der Waals surface area contributed by atoms with Crippen LogP contribution in [0.25, 0.3) is 16.8 Å². The van der Waals surface area contributed by atoms with Crippen molar-refractivity contribution in [2.75, 3.05) is 0 Å². The molecule has 0 spiro atoms. The SMILES string of the molecule is CC(=O)OC1C=Cc2c(OC(C)C)ccc3cccc1c23. The van der Waals surface area contributed by atoms with Crippen molar-refractivity contribution in [3.63, 3.8) is 0 Å². The first-order valence-electron chi connectivity index (χ1n) is 7.14. The second-order valence-electron chi connectivity index (χ2n) is 5.48. The molecule has 108 valence electrons. The number of carbonyl (C=O) groups excluding carboxylic acids is 1. The zero-order valence-corrected chi connectivity index (χ0v) is 12.4. The van der Waals surface area contributed by atoms with Gasteiger partial charge in [-0.3, -0.25) is 4.79 Å². The smallest absolute Gasteiger partial charge is 0.303 e. The van der Waals surface area contributed by atoms with Gasteiger partial charge in [-0.05, 0) is 36.8 Å². The Bertz CT molecular complexity index is 729. The molecule has 2 aromatic rings. The molecule has 1 aliphatic carbocycles. The molecular formula is C18H18O3. The molecule has 0 saturated heterocycles. The molecule has 0 bridgehead atoms. The van der Waals surface area contributed by atoms with Crippen molar-refractivity contribution in [2.45, 2.75) is 33.0 Å². The maximum Gasteiger partial charge on any atom is 0.303 e. The summed E-state index contributed by atoms with van der Waals surface area (Å²) in [7, 11) is 0. The lowest BCUT2D eigenvalue weighted by Crippen LogP contribution is -2.11. The Morgan fingerprint density at radius 3 is 2.71 bits per heavy atom. The average Bonchev–Trinajstić information content (AvgIpc) is 2.43. The molecular weight excluding hydrogens is 264 g/mol.